The molecule has 14 heavy (non-hydrogen) atoms. The van der Waals surface area contributed by atoms with Crippen molar-refractivity contribution in [1.82, 2.24) is 9.97 Å². The van der Waals surface area contributed by atoms with E-state index in [9.17, 15) is 0 Å². The molecule has 0 unspecified atom stereocenters. The molecule has 1 heterocycles. The van der Waals surface area contributed by atoms with E-state index in [2.05, 4.69) is 36.1 Å². The zero-order chi connectivity index (χ0) is 10.6. The van der Waals surface area contributed by atoms with Crippen molar-refractivity contribution in [3.05, 3.63) is 12.4 Å². The molecule has 1 aromatic heterocycles. The molecule has 0 atom stereocenters. The number of hydrogen-bond acceptors (Lipinski definition) is 4. The van der Waals surface area contributed by atoms with Gasteiger partial charge in [0.15, 0.2) is 0 Å². The van der Waals surface area contributed by atoms with Crippen LogP contribution in [0.25, 0.3) is 0 Å². The van der Waals surface area contributed by atoms with Crippen LogP contribution in [-0.4, -0.2) is 21.8 Å². The Bertz CT molecular complexity index is 282. The summed E-state index contributed by atoms with van der Waals surface area (Å²) in [6.07, 6.45) is 6.74. The maximum Gasteiger partial charge on any atom is 0.223 e. The first-order valence-corrected chi connectivity index (χ1v) is 5.94. The summed E-state index contributed by atoms with van der Waals surface area (Å²) in [5.74, 6) is 0.703. The fourth-order valence-corrected chi connectivity index (χ4v) is 1.19. The molecule has 0 saturated heterocycles. The molecule has 4 heteroatoms. The third-order valence-electron chi connectivity index (χ3n) is 2.20. The molecule has 1 N–H and O–H groups in total. The summed E-state index contributed by atoms with van der Waals surface area (Å²) >= 11 is 1.65. The van der Waals surface area contributed by atoms with Gasteiger partial charge in [0.25, 0.3) is 0 Å². The highest BCUT2D eigenvalue weighted by molar-refractivity contribution is 7.98. The van der Waals surface area contributed by atoms with Crippen LogP contribution in [0.2, 0.25) is 0 Å². The van der Waals surface area contributed by atoms with Crippen LogP contribution >= 0.6 is 11.8 Å². The van der Waals surface area contributed by atoms with Crippen molar-refractivity contribution in [3.63, 3.8) is 0 Å². The van der Waals surface area contributed by atoms with E-state index in [1.165, 1.54) is 0 Å². The second-order valence-corrected chi connectivity index (χ2v) is 4.69. The summed E-state index contributed by atoms with van der Waals surface area (Å²) in [6.45, 7) is 6.42. The highest BCUT2D eigenvalue weighted by Gasteiger charge is 2.15. The average Bonchev–Trinajstić information content (AvgIpc) is 2.19. The predicted molar refractivity (Wildman–Crippen MR) is 61.8 cm³/mol. The van der Waals surface area contributed by atoms with Crippen molar-refractivity contribution in [2.45, 2.75) is 37.6 Å². The molecule has 0 fully saturated rings. The van der Waals surface area contributed by atoms with E-state index in [0.29, 0.717) is 5.95 Å². The molecule has 0 bridgehead atoms. The summed E-state index contributed by atoms with van der Waals surface area (Å²) < 4.78 is 0. The molecule has 0 saturated carbocycles. The van der Waals surface area contributed by atoms with Crippen LogP contribution in [0.1, 0.15) is 27.2 Å². The fourth-order valence-electron chi connectivity index (χ4n) is 0.877. The van der Waals surface area contributed by atoms with Gasteiger partial charge in [-0.15, -0.1) is 11.8 Å². The van der Waals surface area contributed by atoms with Gasteiger partial charge in [0, 0.05) is 22.8 Å². The van der Waals surface area contributed by atoms with Gasteiger partial charge in [0.05, 0.1) is 0 Å². The smallest absolute Gasteiger partial charge is 0.223 e. The number of nitrogens with one attached hydrogen (secondary N) is 1. The highest BCUT2D eigenvalue weighted by atomic mass is 32.2. The van der Waals surface area contributed by atoms with Crippen LogP contribution in [0.15, 0.2) is 17.3 Å². The van der Waals surface area contributed by atoms with Crippen LogP contribution in [-0.2, 0) is 0 Å². The molecule has 0 aliphatic rings. The lowest BCUT2D eigenvalue weighted by Crippen LogP contribution is -2.30. The lowest BCUT2D eigenvalue weighted by atomic mass is 10.0. The summed E-state index contributed by atoms with van der Waals surface area (Å²) in [5.41, 5.74) is 0.0564. The Morgan fingerprint density at radius 1 is 1.36 bits per heavy atom. The SMILES string of the molecule is CCC(C)(C)Nc1ncc(SC)cn1. The van der Waals surface area contributed by atoms with E-state index in [-0.39, 0.29) is 5.54 Å². The van der Waals surface area contributed by atoms with Crippen LogP contribution in [0.4, 0.5) is 5.95 Å². The number of rotatable bonds is 4. The molecule has 0 radical (unpaired) electrons. The monoisotopic (exact) mass is 211 g/mol. The zero-order valence-corrected chi connectivity index (χ0v) is 9.98. The minimum atomic E-state index is 0.0564. The van der Waals surface area contributed by atoms with Gasteiger partial charge in [0.1, 0.15) is 0 Å². The second-order valence-electron chi connectivity index (χ2n) is 3.81. The minimum absolute atomic E-state index is 0.0564. The van der Waals surface area contributed by atoms with Crippen LogP contribution in [0.5, 0.6) is 0 Å². The molecular formula is C10H17N3S. The molecule has 78 valence electrons. The third-order valence-corrected chi connectivity index (χ3v) is 2.88. The van der Waals surface area contributed by atoms with E-state index in [0.717, 1.165) is 11.3 Å². The van der Waals surface area contributed by atoms with Crippen molar-refractivity contribution < 1.29 is 0 Å². The number of anilines is 1. The van der Waals surface area contributed by atoms with Crippen molar-refractivity contribution >= 4 is 17.7 Å². The number of thioether (sulfide) groups is 1. The van der Waals surface area contributed by atoms with Crippen molar-refractivity contribution in [2.75, 3.05) is 11.6 Å². The highest BCUT2D eigenvalue weighted by Crippen LogP contribution is 2.16. The quantitative estimate of drug-likeness (QED) is 0.777. The summed E-state index contributed by atoms with van der Waals surface area (Å²) in [4.78, 5) is 9.57. The van der Waals surface area contributed by atoms with Crippen molar-refractivity contribution in [2.24, 2.45) is 0 Å². The summed E-state index contributed by atoms with van der Waals surface area (Å²) in [7, 11) is 0. The largest absolute Gasteiger partial charge is 0.349 e. The van der Waals surface area contributed by atoms with Gasteiger partial charge in [-0.25, -0.2) is 9.97 Å². The Labute approximate surface area is 89.7 Å². The zero-order valence-electron chi connectivity index (χ0n) is 9.16. The van der Waals surface area contributed by atoms with E-state index in [4.69, 9.17) is 0 Å². The molecule has 1 aromatic rings. The lowest BCUT2D eigenvalue weighted by molar-refractivity contribution is 0.542. The Morgan fingerprint density at radius 3 is 2.36 bits per heavy atom. The molecular weight excluding hydrogens is 194 g/mol. The van der Waals surface area contributed by atoms with Gasteiger partial charge in [-0.2, -0.15) is 0 Å². The average molecular weight is 211 g/mol. The number of aromatic nitrogens is 2. The first kappa shape index (κ1) is 11.3. The van der Waals surface area contributed by atoms with Gasteiger partial charge in [-0.3, -0.25) is 0 Å². The van der Waals surface area contributed by atoms with E-state index < -0.39 is 0 Å². The van der Waals surface area contributed by atoms with Crippen molar-refractivity contribution in [1.29, 1.82) is 0 Å². The predicted octanol–water partition coefficient (Wildman–Crippen LogP) is 2.80. The van der Waals surface area contributed by atoms with Gasteiger partial charge in [-0.1, -0.05) is 6.92 Å². The maximum absolute atomic E-state index is 4.24. The molecule has 0 spiro atoms. The Hall–Kier alpha value is -0.770. The molecule has 3 nitrogen and oxygen atoms in total. The number of hydrogen-bond donors (Lipinski definition) is 1. The maximum atomic E-state index is 4.24. The Kier molecular flexibility index (Phi) is 3.75. The van der Waals surface area contributed by atoms with Gasteiger partial charge in [0.2, 0.25) is 5.95 Å². The summed E-state index contributed by atoms with van der Waals surface area (Å²) in [5, 5.41) is 3.29. The molecule has 0 aliphatic heterocycles. The lowest BCUT2D eigenvalue weighted by Gasteiger charge is -2.24. The van der Waals surface area contributed by atoms with E-state index in [1.807, 2.05) is 18.6 Å². The first-order chi connectivity index (χ1) is 6.57. The Balaban J connectivity index is 2.69. The molecule has 1 rings (SSSR count). The molecule has 0 aliphatic carbocycles. The second kappa shape index (κ2) is 4.64. The normalized spacial score (nSPS) is 11.4. The standard InChI is InChI=1S/C10H17N3S/c1-5-10(2,3)13-9-11-6-8(14-4)7-12-9/h6-7H,5H2,1-4H3,(H,11,12,13). The molecule has 0 amide bonds. The minimum Gasteiger partial charge on any atom is -0.349 e. The van der Waals surface area contributed by atoms with Crippen LogP contribution in [0.3, 0.4) is 0 Å². The third kappa shape index (κ3) is 3.18. The van der Waals surface area contributed by atoms with Crippen LogP contribution in [0, 0.1) is 0 Å². The summed E-state index contributed by atoms with van der Waals surface area (Å²) in [6, 6.07) is 0. The van der Waals surface area contributed by atoms with Gasteiger partial charge < -0.3 is 5.32 Å². The number of nitrogens with zero attached hydrogens (tertiary/aromatic N) is 2. The van der Waals surface area contributed by atoms with Crippen LogP contribution < -0.4 is 5.32 Å². The fraction of sp³-hybridized carbons (Fsp3) is 0.600. The van der Waals surface area contributed by atoms with Gasteiger partial charge >= 0.3 is 0 Å². The first-order valence-electron chi connectivity index (χ1n) is 4.71. The van der Waals surface area contributed by atoms with E-state index in [1.54, 1.807) is 11.8 Å². The Morgan fingerprint density at radius 2 is 1.93 bits per heavy atom. The van der Waals surface area contributed by atoms with E-state index >= 15 is 0 Å². The van der Waals surface area contributed by atoms with Gasteiger partial charge in [-0.05, 0) is 26.5 Å². The van der Waals surface area contributed by atoms with Crippen molar-refractivity contribution in [3.8, 4) is 0 Å². The molecule has 0 aromatic carbocycles. The topological polar surface area (TPSA) is 37.8 Å².